The molecule has 0 saturated carbocycles. The van der Waals surface area contributed by atoms with E-state index in [1.165, 1.54) is 5.56 Å². The Labute approximate surface area is 101 Å². The average molecular weight is 231 g/mol. The highest BCUT2D eigenvalue weighted by Crippen LogP contribution is 2.16. The predicted octanol–water partition coefficient (Wildman–Crippen LogP) is 2.36. The zero-order valence-corrected chi connectivity index (χ0v) is 10.4. The van der Waals surface area contributed by atoms with Gasteiger partial charge >= 0.3 is 0 Å². The van der Waals surface area contributed by atoms with Crippen molar-refractivity contribution in [2.45, 2.75) is 13.3 Å². The summed E-state index contributed by atoms with van der Waals surface area (Å²) < 4.78 is 5.13. The van der Waals surface area contributed by atoms with Gasteiger partial charge in [-0.2, -0.15) is 0 Å². The molecule has 0 spiro atoms. The topological polar surface area (TPSA) is 49.9 Å². The summed E-state index contributed by atoms with van der Waals surface area (Å²) in [4.78, 5) is 7.66. The molecule has 1 aromatic carbocycles. The Morgan fingerprint density at radius 3 is 2.53 bits per heavy atom. The minimum absolute atomic E-state index is 0.811. The largest absolute Gasteiger partial charge is 0.497 e. The van der Waals surface area contributed by atoms with Gasteiger partial charge in [0.25, 0.3) is 0 Å². The molecule has 90 valence electrons. The van der Waals surface area contributed by atoms with Gasteiger partial charge in [0.2, 0.25) is 0 Å². The normalized spacial score (nSPS) is 10.3. The van der Waals surface area contributed by atoms with Crippen LogP contribution in [0.2, 0.25) is 0 Å². The van der Waals surface area contributed by atoms with Crippen LogP contribution in [0, 0.1) is 6.92 Å². The molecule has 2 rings (SSSR count). The Kier molecular flexibility index (Phi) is 3.32. The van der Waals surface area contributed by atoms with Gasteiger partial charge in [-0.1, -0.05) is 12.1 Å². The number of anilines is 1. The van der Waals surface area contributed by atoms with Gasteiger partial charge < -0.3 is 15.0 Å². The van der Waals surface area contributed by atoms with Crippen LogP contribution >= 0.6 is 0 Å². The van der Waals surface area contributed by atoms with Crippen LogP contribution < -0.4 is 10.1 Å². The molecule has 0 radical (unpaired) electrons. The second-order valence-electron chi connectivity index (χ2n) is 3.93. The van der Waals surface area contributed by atoms with Gasteiger partial charge in [-0.25, -0.2) is 4.98 Å². The number of hydrogen-bond donors (Lipinski definition) is 2. The summed E-state index contributed by atoms with van der Waals surface area (Å²) in [6.07, 6.45) is 0.827. The van der Waals surface area contributed by atoms with Crippen LogP contribution in [0.1, 0.15) is 17.0 Å². The SMILES string of the molecule is CNc1nc(Cc2ccc(OC)cc2)c(C)[nH]1. The Balaban J connectivity index is 2.16. The molecule has 0 atom stereocenters. The van der Waals surface area contributed by atoms with Crippen LogP contribution in [-0.2, 0) is 6.42 Å². The van der Waals surface area contributed by atoms with E-state index < -0.39 is 0 Å². The fraction of sp³-hybridized carbons (Fsp3) is 0.308. The summed E-state index contributed by atoms with van der Waals surface area (Å²) in [5.41, 5.74) is 3.40. The van der Waals surface area contributed by atoms with E-state index in [2.05, 4.69) is 27.4 Å². The maximum Gasteiger partial charge on any atom is 0.200 e. The summed E-state index contributed by atoms with van der Waals surface area (Å²) in [5.74, 6) is 1.69. The number of hydrogen-bond acceptors (Lipinski definition) is 3. The number of aryl methyl sites for hydroxylation is 1. The van der Waals surface area contributed by atoms with Crippen LogP contribution in [0.4, 0.5) is 5.95 Å². The number of H-pyrrole nitrogens is 1. The molecule has 1 heterocycles. The molecule has 1 aromatic heterocycles. The van der Waals surface area contributed by atoms with Crippen molar-refractivity contribution in [1.82, 2.24) is 9.97 Å². The highest BCUT2D eigenvalue weighted by atomic mass is 16.5. The highest BCUT2D eigenvalue weighted by Gasteiger charge is 2.06. The number of nitrogens with one attached hydrogen (secondary N) is 2. The molecular formula is C13H17N3O. The zero-order valence-electron chi connectivity index (χ0n) is 10.4. The minimum atomic E-state index is 0.811. The lowest BCUT2D eigenvalue weighted by molar-refractivity contribution is 0.414. The van der Waals surface area contributed by atoms with E-state index in [1.807, 2.05) is 26.1 Å². The van der Waals surface area contributed by atoms with Crippen molar-refractivity contribution in [3.8, 4) is 5.75 Å². The lowest BCUT2D eigenvalue weighted by Gasteiger charge is -2.02. The smallest absolute Gasteiger partial charge is 0.200 e. The zero-order chi connectivity index (χ0) is 12.3. The second-order valence-corrected chi connectivity index (χ2v) is 3.93. The number of benzene rings is 1. The van der Waals surface area contributed by atoms with E-state index in [0.29, 0.717) is 0 Å². The Hall–Kier alpha value is -1.97. The molecule has 0 aliphatic carbocycles. The van der Waals surface area contributed by atoms with Crippen molar-refractivity contribution in [2.75, 3.05) is 19.5 Å². The molecule has 4 heteroatoms. The fourth-order valence-corrected chi connectivity index (χ4v) is 1.72. The Morgan fingerprint density at radius 2 is 2.00 bits per heavy atom. The van der Waals surface area contributed by atoms with Gasteiger partial charge in [-0.05, 0) is 24.6 Å². The number of aromatic nitrogens is 2. The van der Waals surface area contributed by atoms with Crippen molar-refractivity contribution < 1.29 is 4.74 Å². The monoisotopic (exact) mass is 231 g/mol. The van der Waals surface area contributed by atoms with Crippen molar-refractivity contribution in [3.63, 3.8) is 0 Å². The molecule has 17 heavy (non-hydrogen) atoms. The van der Waals surface area contributed by atoms with Crippen LogP contribution in [0.15, 0.2) is 24.3 Å². The first kappa shape index (κ1) is 11.5. The highest BCUT2D eigenvalue weighted by molar-refractivity contribution is 5.35. The fourth-order valence-electron chi connectivity index (χ4n) is 1.72. The maximum atomic E-state index is 5.13. The number of methoxy groups -OCH3 is 1. The first-order chi connectivity index (χ1) is 8.22. The molecule has 0 bridgehead atoms. The first-order valence-corrected chi connectivity index (χ1v) is 5.59. The summed E-state index contributed by atoms with van der Waals surface area (Å²) in [7, 11) is 3.53. The van der Waals surface area contributed by atoms with E-state index in [9.17, 15) is 0 Å². The second kappa shape index (κ2) is 4.91. The van der Waals surface area contributed by atoms with E-state index in [4.69, 9.17) is 4.74 Å². The molecule has 4 nitrogen and oxygen atoms in total. The number of ether oxygens (including phenoxy) is 1. The number of imidazole rings is 1. The van der Waals surface area contributed by atoms with Gasteiger partial charge in [0.05, 0.1) is 12.8 Å². The van der Waals surface area contributed by atoms with Crippen molar-refractivity contribution in [2.24, 2.45) is 0 Å². The van der Waals surface area contributed by atoms with Crippen LogP contribution in [0.5, 0.6) is 5.75 Å². The van der Waals surface area contributed by atoms with Gasteiger partial charge in [0, 0.05) is 19.2 Å². The van der Waals surface area contributed by atoms with Gasteiger partial charge in [-0.15, -0.1) is 0 Å². The molecule has 0 aliphatic heterocycles. The number of nitrogens with zero attached hydrogens (tertiary/aromatic N) is 1. The molecule has 2 aromatic rings. The van der Waals surface area contributed by atoms with Gasteiger partial charge in [0.1, 0.15) is 5.75 Å². The molecule has 2 N–H and O–H groups in total. The molecule has 0 aliphatic rings. The van der Waals surface area contributed by atoms with Crippen molar-refractivity contribution in [1.29, 1.82) is 0 Å². The summed E-state index contributed by atoms with van der Waals surface area (Å²) in [6, 6.07) is 8.06. The first-order valence-electron chi connectivity index (χ1n) is 5.59. The predicted molar refractivity (Wildman–Crippen MR) is 68.7 cm³/mol. The molecular weight excluding hydrogens is 214 g/mol. The molecule has 0 amide bonds. The minimum Gasteiger partial charge on any atom is -0.497 e. The number of rotatable bonds is 4. The maximum absolute atomic E-state index is 5.13. The lowest BCUT2D eigenvalue weighted by atomic mass is 10.1. The third kappa shape index (κ3) is 2.58. The quantitative estimate of drug-likeness (QED) is 0.849. The lowest BCUT2D eigenvalue weighted by Crippen LogP contribution is -1.92. The summed E-state index contributed by atoms with van der Waals surface area (Å²) in [6.45, 7) is 2.03. The summed E-state index contributed by atoms with van der Waals surface area (Å²) >= 11 is 0. The Morgan fingerprint density at radius 1 is 1.29 bits per heavy atom. The van der Waals surface area contributed by atoms with Gasteiger partial charge in [-0.3, -0.25) is 0 Å². The third-order valence-corrected chi connectivity index (χ3v) is 2.75. The molecule has 0 saturated heterocycles. The standard InChI is InChI=1S/C13H17N3O/c1-9-12(16-13(14-2)15-9)8-10-4-6-11(17-3)7-5-10/h4-7H,8H2,1-3H3,(H2,14,15,16). The third-order valence-electron chi connectivity index (χ3n) is 2.75. The van der Waals surface area contributed by atoms with E-state index in [0.717, 1.165) is 29.5 Å². The average Bonchev–Trinajstić information content (AvgIpc) is 2.71. The number of aromatic amines is 1. The molecule has 0 fully saturated rings. The van der Waals surface area contributed by atoms with Crippen LogP contribution in [-0.4, -0.2) is 24.1 Å². The molecule has 0 unspecified atom stereocenters. The van der Waals surface area contributed by atoms with E-state index in [-0.39, 0.29) is 0 Å². The van der Waals surface area contributed by atoms with E-state index in [1.54, 1.807) is 7.11 Å². The van der Waals surface area contributed by atoms with E-state index >= 15 is 0 Å². The van der Waals surface area contributed by atoms with Crippen LogP contribution in [0.3, 0.4) is 0 Å². The summed E-state index contributed by atoms with van der Waals surface area (Å²) in [5, 5.41) is 3.01. The van der Waals surface area contributed by atoms with Crippen molar-refractivity contribution in [3.05, 3.63) is 41.2 Å². The van der Waals surface area contributed by atoms with Gasteiger partial charge in [0.15, 0.2) is 5.95 Å². The van der Waals surface area contributed by atoms with Crippen molar-refractivity contribution >= 4 is 5.95 Å². The van der Waals surface area contributed by atoms with Crippen LogP contribution in [0.25, 0.3) is 0 Å². The Bertz CT molecular complexity index is 488.